The molecule has 1 aromatic heterocycles. The molecule has 0 radical (unpaired) electrons. The van der Waals surface area contributed by atoms with E-state index in [4.69, 9.17) is 11.6 Å². The first-order valence-electron chi connectivity index (χ1n) is 7.40. The maximum atomic E-state index is 12.7. The summed E-state index contributed by atoms with van der Waals surface area (Å²) in [5.74, 6) is -2.30. The largest absolute Gasteiger partial charge is 0.467 e. The number of nitrogens with zero attached hydrogens (tertiary/aromatic N) is 2. The molecule has 2 rings (SSSR count). The van der Waals surface area contributed by atoms with Gasteiger partial charge in [-0.15, -0.1) is 0 Å². The summed E-state index contributed by atoms with van der Waals surface area (Å²) in [4.78, 5) is 5.33. The number of halogens is 8. The molecule has 1 heterocycles. The summed E-state index contributed by atoms with van der Waals surface area (Å²) in [6.45, 7) is -3.92. The number of hydrogen-bond acceptors (Lipinski definition) is 6. The highest BCUT2D eigenvalue weighted by Crippen LogP contribution is 2.33. The summed E-state index contributed by atoms with van der Waals surface area (Å²) in [5, 5.41) is 0.141. The number of aromatic nitrogens is 2. The molecule has 0 saturated carbocycles. The molecule has 166 valence electrons. The number of hydrogen-bond donors (Lipinski definition) is 1. The van der Waals surface area contributed by atoms with E-state index in [1.807, 2.05) is 27.3 Å². The average molecular weight is 592 g/mol. The van der Waals surface area contributed by atoms with Gasteiger partial charge < -0.3 is 9.47 Å². The van der Waals surface area contributed by atoms with Crippen LogP contribution in [0.5, 0.6) is 11.8 Å². The highest BCUT2D eigenvalue weighted by molar-refractivity contribution is 14.1. The monoisotopic (exact) mass is 591 g/mol. The van der Waals surface area contributed by atoms with Crippen molar-refractivity contribution >= 4 is 49.9 Å². The van der Waals surface area contributed by atoms with Crippen molar-refractivity contribution in [3.63, 3.8) is 0 Å². The van der Waals surface area contributed by atoms with Gasteiger partial charge in [0.1, 0.15) is 6.33 Å². The van der Waals surface area contributed by atoms with Crippen LogP contribution >= 0.6 is 34.2 Å². The van der Waals surface area contributed by atoms with Gasteiger partial charge in [0, 0.05) is 3.57 Å². The van der Waals surface area contributed by atoms with E-state index in [9.17, 15) is 34.8 Å². The van der Waals surface area contributed by atoms with Crippen LogP contribution in [0.25, 0.3) is 0 Å². The van der Waals surface area contributed by atoms with Gasteiger partial charge in [-0.3, -0.25) is 4.72 Å². The molecule has 0 amide bonds. The number of ether oxygens (including phenoxy) is 2. The molecular formula is C14H9ClF6IN3O4S. The SMILES string of the molecule is O=S(=O)(Nc1ccc(I)c(Cl)c1)c1c(OCC(F)(F)F)ncnc1OCC(F)(F)F. The fourth-order valence-electron chi connectivity index (χ4n) is 1.84. The third-order valence-electron chi connectivity index (χ3n) is 2.92. The Morgan fingerprint density at radius 3 is 1.93 bits per heavy atom. The van der Waals surface area contributed by atoms with Crippen molar-refractivity contribution in [3.05, 3.63) is 33.1 Å². The first-order chi connectivity index (χ1) is 13.7. The van der Waals surface area contributed by atoms with Gasteiger partial charge in [0.2, 0.25) is 16.7 Å². The Hall–Kier alpha value is -1.75. The molecule has 0 bridgehead atoms. The quantitative estimate of drug-likeness (QED) is 0.379. The fraction of sp³-hybridized carbons (Fsp3) is 0.286. The van der Waals surface area contributed by atoms with Crippen molar-refractivity contribution in [3.8, 4) is 11.8 Å². The molecule has 0 spiro atoms. The summed E-state index contributed by atoms with van der Waals surface area (Å²) in [5.41, 5.74) is -0.132. The minimum atomic E-state index is -4.88. The lowest BCUT2D eigenvalue weighted by molar-refractivity contribution is -0.155. The van der Waals surface area contributed by atoms with E-state index in [-0.39, 0.29) is 10.7 Å². The molecule has 7 nitrogen and oxygen atoms in total. The molecule has 1 N–H and O–H groups in total. The van der Waals surface area contributed by atoms with Gasteiger partial charge in [-0.1, -0.05) is 11.6 Å². The van der Waals surface area contributed by atoms with Crippen LogP contribution in [-0.4, -0.2) is 44.0 Å². The van der Waals surface area contributed by atoms with Crippen LogP contribution in [0.1, 0.15) is 0 Å². The molecule has 0 saturated heterocycles. The van der Waals surface area contributed by atoms with E-state index in [1.165, 1.54) is 18.2 Å². The van der Waals surface area contributed by atoms with Gasteiger partial charge in [-0.25, -0.2) is 18.4 Å². The third-order valence-corrected chi connectivity index (χ3v) is 5.89. The van der Waals surface area contributed by atoms with Gasteiger partial charge in [0.25, 0.3) is 10.0 Å². The molecule has 0 aliphatic heterocycles. The number of rotatable bonds is 7. The number of alkyl halides is 6. The Morgan fingerprint density at radius 1 is 1.00 bits per heavy atom. The van der Waals surface area contributed by atoms with E-state index < -0.39 is 52.2 Å². The van der Waals surface area contributed by atoms with E-state index in [0.717, 1.165) is 0 Å². The molecule has 30 heavy (non-hydrogen) atoms. The molecule has 0 fully saturated rings. The van der Waals surface area contributed by atoms with Crippen molar-refractivity contribution in [2.45, 2.75) is 17.2 Å². The van der Waals surface area contributed by atoms with Crippen molar-refractivity contribution in [1.82, 2.24) is 9.97 Å². The number of benzene rings is 1. The standard InChI is InChI=1S/C14H9ClF6IN3O4S/c15-8-3-7(1-2-9(8)22)25-30(26,27)10-11(28-4-13(16,17)18)23-6-24-12(10)29-5-14(19,20)21/h1-3,6,25H,4-5H2. The highest BCUT2D eigenvalue weighted by atomic mass is 127. The van der Waals surface area contributed by atoms with Gasteiger partial charge in [-0.2, -0.15) is 26.3 Å². The zero-order valence-corrected chi connectivity index (χ0v) is 17.9. The lowest BCUT2D eigenvalue weighted by atomic mass is 10.3. The minimum absolute atomic E-state index is 0.132. The van der Waals surface area contributed by atoms with E-state index in [1.54, 1.807) is 0 Å². The summed E-state index contributed by atoms with van der Waals surface area (Å²) >= 11 is 7.74. The van der Waals surface area contributed by atoms with Crippen molar-refractivity contribution in [2.75, 3.05) is 17.9 Å². The second-order valence-corrected chi connectivity index (χ2v) is 8.54. The number of nitrogens with one attached hydrogen (secondary N) is 1. The van der Waals surface area contributed by atoms with Crippen LogP contribution in [0, 0.1) is 3.57 Å². The predicted molar refractivity (Wildman–Crippen MR) is 100 cm³/mol. The Balaban J connectivity index is 2.49. The zero-order valence-electron chi connectivity index (χ0n) is 14.2. The minimum Gasteiger partial charge on any atom is -0.467 e. The number of anilines is 1. The fourth-order valence-corrected chi connectivity index (χ4v) is 3.58. The molecular weight excluding hydrogens is 583 g/mol. The maximum Gasteiger partial charge on any atom is 0.422 e. The van der Waals surface area contributed by atoms with Crippen molar-refractivity contribution < 1.29 is 44.2 Å². The zero-order chi connectivity index (χ0) is 22.7. The smallest absolute Gasteiger partial charge is 0.422 e. The summed E-state index contributed by atoms with van der Waals surface area (Å²) in [6, 6.07) is 3.86. The number of sulfonamides is 1. The van der Waals surface area contributed by atoms with Gasteiger partial charge in [0.15, 0.2) is 13.2 Å². The Bertz CT molecular complexity index is 983. The lowest BCUT2D eigenvalue weighted by Gasteiger charge is -2.17. The van der Waals surface area contributed by atoms with Gasteiger partial charge in [0.05, 0.1) is 10.7 Å². The van der Waals surface area contributed by atoms with Crippen LogP contribution < -0.4 is 14.2 Å². The summed E-state index contributed by atoms with van der Waals surface area (Å²) in [6.07, 6.45) is -9.26. The normalized spacial score (nSPS) is 12.5. The van der Waals surface area contributed by atoms with Crippen LogP contribution in [0.3, 0.4) is 0 Å². The summed E-state index contributed by atoms with van der Waals surface area (Å²) < 4.78 is 112. The van der Waals surface area contributed by atoms with Gasteiger partial charge in [-0.05, 0) is 40.8 Å². The Morgan fingerprint density at radius 2 is 1.50 bits per heavy atom. The van der Waals surface area contributed by atoms with Crippen LogP contribution in [0.15, 0.2) is 29.4 Å². The van der Waals surface area contributed by atoms with Crippen LogP contribution in [0.4, 0.5) is 32.0 Å². The highest BCUT2D eigenvalue weighted by Gasteiger charge is 2.35. The third kappa shape index (κ3) is 7.19. The topological polar surface area (TPSA) is 90.4 Å². The second kappa shape index (κ2) is 9.17. The first-order valence-corrected chi connectivity index (χ1v) is 10.3. The molecule has 0 unspecified atom stereocenters. The van der Waals surface area contributed by atoms with E-state index >= 15 is 0 Å². The summed E-state index contributed by atoms with van der Waals surface area (Å²) in [7, 11) is -4.86. The molecule has 16 heteroatoms. The van der Waals surface area contributed by atoms with Gasteiger partial charge >= 0.3 is 12.4 Å². The first kappa shape index (κ1) is 24.5. The Labute approximate surface area is 183 Å². The average Bonchev–Trinajstić information content (AvgIpc) is 2.59. The molecule has 0 aliphatic rings. The molecule has 1 aromatic carbocycles. The van der Waals surface area contributed by atoms with Crippen LogP contribution in [-0.2, 0) is 10.0 Å². The molecule has 0 atom stereocenters. The lowest BCUT2D eigenvalue weighted by Crippen LogP contribution is -2.24. The Kier molecular flexibility index (Phi) is 7.49. The predicted octanol–water partition coefficient (Wildman–Crippen LogP) is 4.42. The van der Waals surface area contributed by atoms with E-state index in [2.05, 4.69) is 19.4 Å². The molecule has 2 aromatic rings. The van der Waals surface area contributed by atoms with Crippen LogP contribution in [0.2, 0.25) is 5.02 Å². The van der Waals surface area contributed by atoms with Crippen molar-refractivity contribution in [1.29, 1.82) is 0 Å². The van der Waals surface area contributed by atoms with Crippen molar-refractivity contribution in [2.24, 2.45) is 0 Å². The van der Waals surface area contributed by atoms with E-state index in [0.29, 0.717) is 9.90 Å². The molecule has 0 aliphatic carbocycles. The second-order valence-electron chi connectivity index (χ2n) is 5.36. The maximum absolute atomic E-state index is 12.7.